The Morgan fingerprint density at radius 3 is 0.581 bits per heavy atom. The zero-order chi connectivity index (χ0) is 78.7. The second kappa shape index (κ2) is 40.8. The number of nitrogens with zero attached hydrogens (tertiary/aromatic N) is 19. The van der Waals surface area contributed by atoms with Crippen molar-refractivity contribution < 1.29 is 0 Å². The zero-order valence-corrected chi connectivity index (χ0v) is 70.2. The van der Waals surface area contributed by atoms with Gasteiger partial charge in [-0.15, -0.1) is 0 Å². The minimum atomic E-state index is 0.00825. The van der Waals surface area contributed by atoms with Gasteiger partial charge >= 0.3 is 45.3 Å². The summed E-state index contributed by atoms with van der Waals surface area (Å²) in [5, 5.41) is 5.95. The molecular formula is C63H115B21N21. The van der Waals surface area contributed by atoms with Gasteiger partial charge in [-0.25, -0.2) is 0 Å². The van der Waals surface area contributed by atoms with E-state index < -0.39 is 0 Å². The van der Waals surface area contributed by atoms with Gasteiger partial charge < -0.3 is 100.0 Å². The molecule has 0 amide bonds. The summed E-state index contributed by atoms with van der Waals surface area (Å²) >= 11 is 0. The molecule has 11 rings (SSSR count). The summed E-state index contributed by atoms with van der Waals surface area (Å²) in [7, 11) is 57.5. The molecule has 21 radical (unpaired) electrons. The highest BCUT2D eigenvalue weighted by atomic mass is 15.3. The molecule has 0 aromatic heterocycles. The van der Waals surface area contributed by atoms with Crippen molar-refractivity contribution >= 4 is 181 Å². The normalized spacial score (nSPS) is 19.5. The van der Waals surface area contributed by atoms with Crippen LogP contribution < -0.4 is 29.2 Å². The highest BCUT2D eigenvalue weighted by molar-refractivity contribution is 6.81. The first-order valence-corrected chi connectivity index (χ1v) is 36.4. The molecule has 7 saturated heterocycles. The second-order valence-electron chi connectivity index (χ2n) is 35.1. The molecule has 42 heteroatoms. The number of hydrogen-bond acceptors (Lipinski definition) is 21. The van der Waals surface area contributed by atoms with Crippen molar-refractivity contribution in [1.29, 1.82) is 0 Å². The molecule has 0 atom stereocenters. The maximum absolute atomic E-state index is 2.97. The smallest absolute Gasteiger partial charge is 0.364 e. The van der Waals surface area contributed by atoms with E-state index in [-0.39, 0.29) is 44.3 Å². The van der Waals surface area contributed by atoms with Gasteiger partial charge in [0.25, 0.3) is 113 Å². The summed E-state index contributed by atoms with van der Waals surface area (Å²) in [6.45, 7) is 52.9. The van der Waals surface area contributed by atoms with Crippen molar-refractivity contribution in [3.8, 4) is 0 Å². The number of rotatable bonds is 4. The van der Waals surface area contributed by atoms with E-state index in [2.05, 4.69) is 423 Å². The first kappa shape index (κ1) is 92.4. The molecular weight excluding hydrogens is 1280 g/mol. The van der Waals surface area contributed by atoms with Gasteiger partial charge in [-0.05, 0) is 308 Å². The van der Waals surface area contributed by atoms with Crippen molar-refractivity contribution in [2.45, 2.75) is 210 Å². The summed E-state index contributed by atoms with van der Waals surface area (Å²) in [5.74, 6) is 0. The van der Waals surface area contributed by atoms with Crippen LogP contribution in [-0.4, -0.2) is 323 Å². The van der Waals surface area contributed by atoms with E-state index in [1.54, 1.807) is 7.55 Å². The van der Waals surface area contributed by atoms with Gasteiger partial charge in [0.05, 0.1) is 0 Å². The minimum Gasteiger partial charge on any atom is -0.436 e. The molecule has 7 fully saturated rings. The molecule has 0 saturated carbocycles. The van der Waals surface area contributed by atoms with Crippen LogP contribution in [0.15, 0.2) is 121 Å². The molecule has 4 aromatic carbocycles. The van der Waals surface area contributed by atoms with Gasteiger partial charge in [-0.1, -0.05) is 72.8 Å². The van der Waals surface area contributed by atoms with Gasteiger partial charge in [-0.3, -0.25) is 0 Å². The van der Waals surface area contributed by atoms with Crippen LogP contribution in [0.25, 0.3) is 0 Å². The molecule has 7 heterocycles. The quantitative estimate of drug-likeness (QED) is 0.291. The molecule has 0 unspecified atom stereocenters. The molecule has 4 aromatic rings. The third-order valence-corrected chi connectivity index (χ3v) is 16.3. The van der Waals surface area contributed by atoms with Crippen molar-refractivity contribution in [2.75, 3.05) is 68.2 Å². The lowest BCUT2D eigenvalue weighted by molar-refractivity contribution is 0.249. The monoisotopic (exact) mass is 1400 g/mol. The van der Waals surface area contributed by atoms with Gasteiger partial charge in [0, 0.05) is 22.7 Å². The minimum absolute atomic E-state index is 0.00825. The van der Waals surface area contributed by atoms with Gasteiger partial charge in [-0.2, -0.15) is 0 Å². The molecule has 0 aliphatic carbocycles. The lowest BCUT2D eigenvalue weighted by Gasteiger charge is -2.53. The lowest BCUT2D eigenvalue weighted by atomic mass is 9.65. The summed E-state index contributed by atoms with van der Waals surface area (Å²) in [4.78, 5) is 0. The Kier molecular flexibility index (Phi) is 35.9. The van der Waals surface area contributed by atoms with E-state index >= 15 is 0 Å². The van der Waals surface area contributed by atoms with Crippen molar-refractivity contribution in [3.63, 3.8) is 0 Å². The Morgan fingerprint density at radius 1 is 0.190 bits per heavy atom. The first-order chi connectivity index (χ1) is 48.5. The molecule has 7 aliphatic heterocycles. The first-order valence-electron chi connectivity index (χ1n) is 36.4. The van der Waals surface area contributed by atoms with Crippen LogP contribution in [0.5, 0.6) is 0 Å². The van der Waals surface area contributed by atoms with Crippen LogP contribution in [-0.2, 0) is 0 Å². The van der Waals surface area contributed by atoms with Crippen LogP contribution in [0.2, 0.25) is 0 Å². The summed E-state index contributed by atoms with van der Waals surface area (Å²) in [5.41, 5.74) is 5.37. The maximum atomic E-state index is 2.97. The zero-order valence-electron chi connectivity index (χ0n) is 70.2. The largest absolute Gasteiger partial charge is 0.436 e. The van der Waals surface area contributed by atoms with Crippen LogP contribution in [0, 0.1) is 0 Å². The van der Waals surface area contributed by atoms with E-state index in [1.807, 2.05) is 164 Å². The summed E-state index contributed by atoms with van der Waals surface area (Å²) in [6.07, 6.45) is 0. The van der Waals surface area contributed by atoms with Gasteiger partial charge in [0.1, 0.15) is 0 Å². The average molecular weight is 1390 g/mol. The predicted molar refractivity (Wildman–Crippen MR) is 470 cm³/mol. The fourth-order valence-electron chi connectivity index (χ4n) is 10.0. The summed E-state index contributed by atoms with van der Waals surface area (Å²) < 4.78 is 40.5. The Labute approximate surface area is 658 Å². The molecule has 7 aliphatic rings. The number of anilines is 4. The Balaban J connectivity index is 0.000000224. The van der Waals surface area contributed by atoms with E-state index in [0.29, 0.717) is 0 Å². The average Bonchev–Trinajstić information content (AvgIpc) is 0.720. The maximum Gasteiger partial charge on any atom is 0.364 e. The number of nitrogens with one attached hydrogen (secondary N) is 2. The molecule has 105 heavy (non-hydrogen) atoms. The van der Waals surface area contributed by atoms with Gasteiger partial charge in [0.2, 0.25) is 0 Å². The second-order valence-corrected chi connectivity index (χ2v) is 35.1. The van der Waals surface area contributed by atoms with E-state index in [9.17, 15) is 0 Å². The fraction of sp³-hybridized carbons (Fsp3) is 0.619. The molecule has 0 spiro atoms. The number of benzene rings is 4. The van der Waals surface area contributed by atoms with Crippen LogP contribution in [0.1, 0.15) is 166 Å². The Hall–Kier alpha value is -3.24. The standard InChI is InChI=1S/C16H19B3N3.C13H13B3N3.C12H27B3N3.C9H21B3N3.C6H15B3N3.C4H11B3N3.C3H9B3N3/c1-16(2,3)22-18-20(14-10-6-4-7-11-14)17-21(19-22)15-12-8-5-9-13-15;1-17-14-18(12-8-4-2-5-9-12)16-19(15-17)13-10-6-3-7-11-13;1-10(2,3)16-13-17(11(4,5)6)15-18(14-16)12(7,8)9;1-8(2,3)14-10-13(7)11-15(12-14)9(4,5)6;1-6(2,3)12-8-10(4)7-11(5)9-12;1-4(2,3)10-6-8-5-9-7-10;1-7-4-8(2)6-9(3)5-7/h4-13H,1-3H3;2-11H,1H3;1-9H3;1-7H3;1-5H3;8-9H,1-3H3;1-3H3. The Bertz CT molecular complexity index is 2850. The SMILES string of the molecule is CC(C)(C)N1[B]N(C(C)(C)C)[B]N(C(C)(C)C)[B]1.CC(C)(C)N1[B]N(c2ccccc2)[B]N(c2ccccc2)[B]1.CC(C)(C)N1[B]N[B]N[B]1.CN1[B]N(C(C)(C)C)[B]N(C(C)(C)C)[B]1.CN1[B]N(C)[B]N(C(C)(C)C)[B]1.CN1[B]N(C)[B]N(C)[B]1.CN1[B]N(c2ccccc2)[B]N(c2ccccc2)[B]1. The van der Waals surface area contributed by atoms with Crippen molar-refractivity contribution in [1.82, 2.24) is 81.1 Å². The third kappa shape index (κ3) is 32.9. The predicted octanol–water partition coefficient (Wildman–Crippen LogP) is 3.75. The third-order valence-electron chi connectivity index (χ3n) is 16.3. The van der Waals surface area contributed by atoms with Crippen molar-refractivity contribution in [2.24, 2.45) is 0 Å². The number of para-hydroxylation sites is 4. The van der Waals surface area contributed by atoms with E-state index in [1.165, 1.54) is 0 Å². The Morgan fingerprint density at radius 2 is 0.362 bits per heavy atom. The molecule has 0 bridgehead atoms. The van der Waals surface area contributed by atoms with Crippen LogP contribution in [0.4, 0.5) is 22.7 Å². The van der Waals surface area contributed by atoms with Crippen molar-refractivity contribution in [3.05, 3.63) is 121 Å². The highest BCUT2D eigenvalue weighted by Crippen LogP contribution is 2.28. The van der Waals surface area contributed by atoms with Crippen LogP contribution in [0.3, 0.4) is 0 Å². The number of hydrogen-bond donors (Lipinski definition) is 2. The van der Waals surface area contributed by atoms with E-state index in [0.717, 1.165) is 22.7 Å². The molecule has 21 nitrogen and oxygen atoms in total. The van der Waals surface area contributed by atoms with Crippen LogP contribution >= 0.6 is 0 Å². The molecule has 535 valence electrons. The highest BCUT2D eigenvalue weighted by Gasteiger charge is 2.42. The topological polar surface area (TPSA) is 85.6 Å². The van der Waals surface area contributed by atoms with E-state index in [4.69, 9.17) is 0 Å². The molecule has 2 N–H and O–H groups in total. The van der Waals surface area contributed by atoms with Gasteiger partial charge in [0.15, 0.2) is 0 Å². The lowest BCUT2D eigenvalue weighted by Crippen LogP contribution is -2.71. The fourth-order valence-corrected chi connectivity index (χ4v) is 10.0. The summed E-state index contributed by atoms with van der Waals surface area (Å²) in [6, 6.07) is 41.4.